The van der Waals surface area contributed by atoms with E-state index in [1.165, 1.54) is 31.0 Å². The van der Waals surface area contributed by atoms with Crippen molar-refractivity contribution in [2.45, 2.75) is 46.0 Å². The van der Waals surface area contributed by atoms with E-state index in [1.54, 1.807) is 13.8 Å². The van der Waals surface area contributed by atoms with E-state index in [4.69, 9.17) is 14.0 Å². The third-order valence-electron chi connectivity index (χ3n) is 6.31. The SMILES string of the molecule is COCCC(N(C)C=O)N(CCP(=O)(O)OCOC(=O)OC(C)C)n1cc(C(=O)NCc2ccc(F)cc2F)c(=O)c(O)c1C. The minimum absolute atomic E-state index is 0.0737. The van der Waals surface area contributed by atoms with Crippen LogP contribution in [0.15, 0.2) is 29.2 Å². The van der Waals surface area contributed by atoms with Crippen LogP contribution in [0.2, 0.25) is 0 Å². The number of nitrogens with zero attached hydrogens (tertiary/aromatic N) is 3. The number of carbonyl (C=O) groups is 3. The highest BCUT2D eigenvalue weighted by atomic mass is 31.2. The maximum atomic E-state index is 14.1. The van der Waals surface area contributed by atoms with Crippen molar-refractivity contribution in [3.8, 4) is 5.75 Å². The van der Waals surface area contributed by atoms with E-state index in [9.17, 15) is 42.5 Å². The van der Waals surface area contributed by atoms with Gasteiger partial charge in [-0.2, -0.15) is 0 Å². The zero-order chi connectivity index (χ0) is 33.9. The average Bonchev–Trinajstić information content (AvgIpc) is 2.96. The van der Waals surface area contributed by atoms with Crippen molar-refractivity contribution in [1.82, 2.24) is 14.9 Å². The molecule has 0 radical (unpaired) electrons. The van der Waals surface area contributed by atoms with Gasteiger partial charge in [-0.25, -0.2) is 13.6 Å². The summed E-state index contributed by atoms with van der Waals surface area (Å²) in [5.41, 5.74) is -1.84. The molecule has 0 saturated carbocycles. The van der Waals surface area contributed by atoms with Gasteiger partial charge in [0.05, 0.1) is 18.0 Å². The summed E-state index contributed by atoms with van der Waals surface area (Å²) < 4.78 is 60.7. The molecule has 0 spiro atoms. The molecule has 1 aromatic heterocycles. The number of pyridine rings is 1. The van der Waals surface area contributed by atoms with Crippen molar-refractivity contribution in [2.24, 2.45) is 0 Å². The van der Waals surface area contributed by atoms with Crippen LogP contribution in [0.4, 0.5) is 13.6 Å². The van der Waals surface area contributed by atoms with Crippen molar-refractivity contribution in [2.75, 3.05) is 45.3 Å². The lowest BCUT2D eigenvalue weighted by Crippen LogP contribution is -2.54. The Kier molecular flexibility index (Phi) is 13.9. The van der Waals surface area contributed by atoms with Gasteiger partial charge < -0.3 is 34.4 Å². The summed E-state index contributed by atoms with van der Waals surface area (Å²) in [5, 5.41) is 14.4. The summed E-state index contributed by atoms with van der Waals surface area (Å²) >= 11 is 0. The predicted molar refractivity (Wildman–Crippen MR) is 155 cm³/mol. The molecule has 15 nitrogen and oxygen atoms in total. The maximum absolute atomic E-state index is 14.1. The Hall–Kier alpha value is -4.05. The molecule has 0 fully saturated rings. The molecule has 2 amide bonds. The van der Waals surface area contributed by atoms with Crippen LogP contribution >= 0.6 is 7.60 Å². The second kappa shape index (κ2) is 16.9. The smallest absolute Gasteiger partial charge is 0.503 e. The highest BCUT2D eigenvalue weighted by molar-refractivity contribution is 7.52. The second-order valence-electron chi connectivity index (χ2n) is 9.93. The van der Waals surface area contributed by atoms with Crippen molar-refractivity contribution >= 4 is 26.1 Å². The van der Waals surface area contributed by atoms with E-state index in [1.807, 2.05) is 0 Å². The molecular weight excluding hydrogens is 625 g/mol. The third kappa shape index (κ3) is 10.8. The number of hydrogen-bond acceptors (Lipinski definition) is 11. The van der Waals surface area contributed by atoms with Gasteiger partial charge in [0, 0.05) is 58.1 Å². The highest BCUT2D eigenvalue weighted by Gasteiger charge is 2.30. The van der Waals surface area contributed by atoms with Crippen LogP contribution in [0.1, 0.15) is 41.9 Å². The Balaban J connectivity index is 2.44. The summed E-state index contributed by atoms with van der Waals surface area (Å²) in [5.74, 6) is -3.62. The second-order valence-corrected chi connectivity index (χ2v) is 11.9. The highest BCUT2D eigenvalue weighted by Crippen LogP contribution is 2.41. The molecule has 18 heteroatoms. The molecular formula is C27H37F2N4O11P. The van der Waals surface area contributed by atoms with Crippen LogP contribution in [0.5, 0.6) is 5.75 Å². The largest absolute Gasteiger partial charge is 0.510 e. The molecule has 2 rings (SSSR count). The zero-order valence-electron chi connectivity index (χ0n) is 25.4. The van der Waals surface area contributed by atoms with E-state index < -0.39 is 79.8 Å². The Morgan fingerprint density at radius 3 is 2.53 bits per heavy atom. The van der Waals surface area contributed by atoms with Gasteiger partial charge >= 0.3 is 13.8 Å². The number of nitrogens with one attached hydrogen (secondary N) is 1. The average molecular weight is 663 g/mol. The van der Waals surface area contributed by atoms with Crippen LogP contribution < -0.4 is 15.8 Å². The zero-order valence-corrected chi connectivity index (χ0v) is 26.3. The fraction of sp³-hybridized carbons (Fsp3) is 0.481. The molecule has 0 aliphatic heterocycles. The minimum Gasteiger partial charge on any atom is -0.503 e. The van der Waals surface area contributed by atoms with Gasteiger partial charge in [0.1, 0.15) is 23.4 Å². The molecule has 3 N–H and O–H groups in total. The third-order valence-corrected chi connectivity index (χ3v) is 7.58. The van der Waals surface area contributed by atoms with E-state index in [-0.39, 0.29) is 30.8 Å². The van der Waals surface area contributed by atoms with Gasteiger partial charge in [0.2, 0.25) is 18.6 Å². The summed E-state index contributed by atoms with van der Waals surface area (Å²) in [7, 11) is -1.66. The van der Waals surface area contributed by atoms with Gasteiger partial charge in [0.15, 0.2) is 5.75 Å². The van der Waals surface area contributed by atoms with Gasteiger partial charge in [0.25, 0.3) is 5.91 Å². The number of aromatic hydroxyl groups is 1. The molecule has 0 bridgehead atoms. The van der Waals surface area contributed by atoms with E-state index >= 15 is 0 Å². The number of aromatic nitrogens is 1. The number of hydrogen-bond donors (Lipinski definition) is 3. The summed E-state index contributed by atoms with van der Waals surface area (Å²) in [6.07, 6.45) is -1.54. The fourth-order valence-electron chi connectivity index (χ4n) is 3.98. The molecule has 2 atom stereocenters. The Morgan fingerprint density at radius 2 is 1.93 bits per heavy atom. The predicted octanol–water partition coefficient (Wildman–Crippen LogP) is 2.18. The molecule has 0 saturated heterocycles. The molecule has 2 unspecified atom stereocenters. The van der Waals surface area contributed by atoms with Crippen LogP contribution in [-0.4, -0.2) is 90.6 Å². The van der Waals surface area contributed by atoms with Gasteiger partial charge in [-0.1, -0.05) is 6.07 Å². The first-order chi connectivity index (χ1) is 21.1. The number of methoxy groups -OCH3 is 1. The van der Waals surface area contributed by atoms with Crippen molar-refractivity contribution in [3.63, 3.8) is 0 Å². The van der Waals surface area contributed by atoms with Gasteiger partial charge in [-0.3, -0.25) is 33.2 Å². The number of halogens is 2. The number of benzene rings is 1. The van der Waals surface area contributed by atoms with E-state index in [0.29, 0.717) is 12.5 Å². The molecule has 2 aromatic rings. The first kappa shape index (κ1) is 37.1. The van der Waals surface area contributed by atoms with Crippen molar-refractivity contribution in [1.29, 1.82) is 0 Å². The summed E-state index contributed by atoms with van der Waals surface area (Å²) in [4.78, 5) is 61.0. The molecule has 0 aliphatic rings. The summed E-state index contributed by atoms with van der Waals surface area (Å²) in [6.45, 7) is 2.86. The molecule has 0 aliphatic carbocycles. The van der Waals surface area contributed by atoms with Crippen LogP contribution in [-0.2, 0) is 34.6 Å². The normalized spacial score (nSPS) is 13.1. The number of rotatable bonds is 17. The van der Waals surface area contributed by atoms with E-state index in [2.05, 4.69) is 10.1 Å². The Labute approximate surface area is 257 Å². The number of amides is 2. The first-order valence-electron chi connectivity index (χ1n) is 13.5. The number of ether oxygens (including phenoxy) is 3. The fourth-order valence-corrected chi connectivity index (χ4v) is 4.78. The van der Waals surface area contributed by atoms with E-state index in [0.717, 1.165) is 23.0 Å². The first-order valence-corrected chi connectivity index (χ1v) is 15.3. The number of carbonyl (C=O) groups excluding carboxylic acids is 3. The lowest BCUT2D eigenvalue weighted by Gasteiger charge is -2.40. The van der Waals surface area contributed by atoms with Gasteiger partial charge in [-0.15, -0.1) is 0 Å². The lowest BCUT2D eigenvalue weighted by molar-refractivity contribution is -0.119. The quantitative estimate of drug-likeness (QED) is 0.0972. The molecule has 250 valence electrons. The molecule has 1 aromatic carbocycles. The van der Waals surface area contributed by atoms with Crippen molar-refractivity contribution < 1.29 is 56.5 Å². The standard InChI is InChI=1S/C27H37F2N4O11P/c1-17(2)44-27(38)42-16-43-45(39,40)11-9-32(23(8-10-41-5)31(4)15-34)33-14-21(25(36)24(35)18(33)3)26(37)30-13-19-6-7-20(28)12-22(19)29/h6-7,12,14-15,17,23,35H,8-11,13,16H2,1-5H3,(H,30,37)(H,39,40). The topological polar surface area (TPSA) is 186 Å². The minimum atomic E-state index is -4.47. The van der Waals surface area contributed by atoms with Gasteiger partial charge in [-0.05, 0) is 26.8 Å². The van der Waals surface area contributed by atoms with Crippen LogP contribution in [0.3, 0.4) is 0 Å². The summed E-state index contributed by atoms with van der Waals surface area (Å²) in [6, 6.07) is 2.73. The monoisotopic (exact) mass is 662 g/mol. The Bertz CT molecular complexity index is 1460. The van der Waals surface area contributed by atoms with Crippen LogP contribution in [0.25, 0.3) is 0 Å². The lowest BCUT2D eigenvalue weighted by atomic mass is 10.2. The maximum Gasteiger partial charge on any atom is 0.510 e. The van der Waals surface area contributed by atoms with Crippen LogP contribution in [0, 0.1) is 18.6 Å². The molecule has 45 heavy (non-hydrogen) atoms. The molecule has 1 heterocycles. The van der Waals surface area contributed by atoms with Crippen molar-refractivity contribution in [3.05, 3.63) is 63.1 Å². The Morgan fingerprint density at radius 1 is 1.24 bits per heavy atom.